The summed E-state index contributed by atoms with van der Waals surface area (Å²) >= 11 is -2.24. The van der Waals surface area contributed by atoms with Gasteiger partial charge in [0.1, 0.15) is 11.2 Å². The summed E-state index contributed by atoms with van der Waals surface area (Å²) in [5.41, 5.74) is 12.1. The van der Waals surface area contributed by atoms with Gasteiger partial charge in [-0.1, -0.05) is 69.0 Å². The van der Waals surface area contributed by atoms with Crippen molar-refractivity contribution in [1.29, 1.82) is 0 Å². The Bertz CT molecular complexity index is 3640. The molecule has 1 radical (unpaired) electrons. The van der Waals surface area contributed by atoms with E-state index in [9.17, 15) is 0 Å². The molecule has 0 saturated heterocycles. The first-order chi connectivity index (χ1) is 32.9. The molecule has 0 fully saturated rings. The predicted octanol–water partition coefficient (Wildman–Crippen LogP) is 14.9. The zero-order valence-corrected chi connectivity index (χ0v) is 44.3. The minimum atomic E-state index is -2.35. The number of imidazole rings is 1. The smallest absolute Gasteiger partial charge is 0 e. The Morgan fingerprint density at radius 3 is 2.26 bits per heavy atom. The van der Waals surface area contributed by atoms with Gasteiger partial charge in [-0.05, 0) is 62.4 Å². The standard InChI is InChI=1S/C38H33N4O2.C19H26GeN.Ir/c1-19(2)27-18-28-24-11-8-9-13-30(24)43-36(28)32(20(3)4)35(27)42-34-23(7)39-22(6)17-29(34)41-37(42)25-12-10-14-31-33(25)26-16-15-21(5)40-38(26)44-31;1-19(2,3)13-16-12-18(15-10-8-7-9-11-15)21-14-17(16)20(4,5)6;/h8-11,13-20H,1-7H3;7-10,12,14H,13H2,1-6H3;/q2*-1;/i5D3;13D2;. The van der Waals surface area contributed by atoms with Gasteiger partial charge in [0.15, 0.2) is 0 Å². The summed E-state index contributed by atoms with van der Waals surface area (Å²) in [5, 5.41) is 3.66. The Kier molecular flexibility index (Phi) is 11.1. The van der Waals surface area contributed by atoms with E-state index >= 15 is 0 Å². The van der Waals surface area contributed by atoms with Crippen LogP contribution in [0.25, 0.3) is 83.4 Å². The third kappa shape index (κ3) is 8.80. The second-order valence-electron chi connectivity index (χ2n) is 19.8. The number of pyridine rings is 3. The van der Waals surface area contributed by atoms with Gasteiger partial charge < -0.3 is 13.4 Å². The first kappa shape index (κ1) is 40.8. The summed E-state index contributed by atoms with van der Waals surface area (Å²) in [6, 6.07) is 35.8. The van der Waals surface area contributed by atoms with Crippen molar-refractivity contribution in [2.75, 3.05) is 0 Å². The molecule has 0 bridgehead atoms. The number of aryl methyl sites for hydroxylation is 3. The zero-order chi connectivity index (χ0) is 50.4. The summed E-state index contributed by atoms with van der Waals surface area (Å²) in [6.07, 6.45) is 0.502. The maximum absolute atomic E-state index is 8.76. The molecule has 0 N–H and O–H groups in total. The molecule has 6 heterocycles. The van der Waals surface area contributed by atoms with E-state index < -0.39 is 31.9 Å². The number of hydrogen-bond acceptors (Lipinski definition) is 6. The minimum Gasteiger partial charge on any atom is 0 e. The third-order valence-corrected chi connectivity index (χ3v) is 16.0. The van der Waals surface area contributed by atoms with Crippen LogP contribution in [0.3, 0.4) is 0 Å². The van der Waals surface area contributed by atoms with Crippen LogP contribution >= 0.6 is 0 Å². The van der Waals surface area contributed by atoms with Crippen molar-refractivity contribution in [1.82, 2.24) is 24.5 Å². The number of nitrogens with zero attached hydrogens (tertiary/aromatic N) is 5. The third-order valence-electron chi connectivity index (χ3n) is 11.8. The van der Waals surface area contributed by atoms with Crippen molar-refractivity contribution >= 4 is 72.7 Å². The van der Waals surface area contributed by atoms with E-state index in [0.717, 1.165) is 87.8 Å². The molecule has 66 heavy (non-hydrogen) atoms. The molecule has 7 nitrogen and oxygen atoms in total. The molecule has 0 spiro atoms. The van der Waals surface area contributed by atoms with Crippen LogP contribution in [0.2, 0.25) is 17.3 Å². The van der Waals surface area contributed by atoms with Gasteiger partial charge in [-0.25, -0.2) is 4.98 Å². The molecule has 0 aliphatic carbocycles. The average Bonchev–Trinajstić information content (AvgIpc) is 3.98. The van der Waals surface area contributed by atoms with Crippen molar-refractivity contribution < 1.29 is 35.8 Å². The molecule has 0 atom stereocenters. The van der Waals surface area contributed by atoms with Crippen molar-refractivity contribution in [3.63, 3.8) is 0 Å². The Morgan fingerprint density at radius 2 is 1.56 bits per heavy atom. The number of rotatable bonds is 7. The fourth-order valence-corrected chi connectivity index (χ4v) is 11.9. The summed E-state index contributed by atoms with van der Waals surface area (Å²) in [6.45, 7) is 16.4. The molecule has 10 aromatic rings. The van der Waals surface area contributed by atoms with Crippen LogP contribution in [0.15, 0.2) is 106 Å². The minimum absolute atomic E-state index is 0. The van der Waals surface area contributed by atoms with E-state index in [-0.39, 0.29) is 43.3 Å². The van der Waals surface area contributed by atoms with Gasteiger partial charge in [-0.15, -0.1) is 12.1 Å². The Balaban J connectivity index is 0.000000238. The average molecular weight is 1120 g/mol. The van der Waals surface area contributed by atoms with Crippen LogP contribution in [-0.2, 0) is 26.5 Å². The molecule has 9 heteroatoms. The van der Waals surface area contributed by atoms with Crippen molar-refractivity contribution in [3.8, 4) is 28.3 Å². The van der Waals surface area contributed by atoms with E-state index in [1.54, 1.807) is 12.1 Å². The molecule has 10 rings (SSSR count). The van der Waals surface area contributed by atoms with Crippen molar-refractivity contribution in [2.24, 2.45) is 5.41 Å². The Morgan fingerprint density at radius 1 is 0.788 bits per heavy atom. The van der Waals surface area contributed by atoms with Crippen molar-refractivity contribution in [2.45, 2.75) is 105 Å². The van der Waals surface area contributed by atoms with Gasteiger partial charge in [-0.2, -0.15) is 0 Å². The van der Waals surface area contributed by atoms with Gasteiger partial charge in [0.2, 0.25) is 5.71 Å². The summed E-state index contributed by atoms with van der Waals surface area (Å²) in [4.78, 5) is 19.2. The van der Waals surface area contributed by atoms with Crippen LogP contribution in [0.1, 0.15) is 101 Å². The number of benzene rings is 4. The summed E-state index contributed by atoms with van der Waals surface area (Å²) < 4.78 is 57.4. The molecule has 0 aliphatic rings. The first-order valence-electron chi connectivity index (χ1n) is 24.9. The molecule has 0 amide bonds. The number of furan rings is 2. The Labute approximate surface area is 412 Å². The maximum atomic E-state index is 8.76. The van der Waals surface area contributed by atoms with Crippen molar-refractivity contribution in [3.05, 3.63) is 143 Å². The SMILES string of the molecule is [2H]C([2H])([2H])c1ccc2c(n1)oc1cc[c-]c(-c3nc4cc(C)nc(C)c4n3-c3c(C(C)C)cc4c(oc5ccccc54)c3C(C)C)c12.[2H]C([2H])(c1cc(-c2[c-]cccc2)nc[c]1[Ge]([CH3])([CH3])[CH3])C(C)(C)C.[Ir]. The fourth-order valence-electron chi connectivity index (χ4n) is 9.02. The second kappa shape index (κ2) is 18.0. The van der Waals surface area contributed by atoms with Crippen LogP contribution in [-0.4, -0.2) is 37.8 Å². The zero-order valence-electron chi connectivity index (χ0n) is 44.8. The predicted molar refractivity (Wildman–Crippen MR) is 273 cm³/mol. The monoisotopic (exact) mass is 1120 g/mol. The maximum Gasteiger partial charge on any atom is 0 e. The van der Waals surface area contributed by atoms with E-state index in [1.807, 2.05) is 101 Å². The van der Waals surface area contributed by atoms with Crippen LogP contribution in [0.5, 0.6) is 0 Å². The molecule has 6 aromatic heterocycles. The number of fused-ring (bicyclic) bond motifs is 7. The van der Waals surface area contributed by atoms with E-state index in [1.165, 1.54) is 5.56 Å². The molecule has 339 valence electrons. The van der Waals surface area contributed by atoms with Gasteiger partial charge >= 0.3 is 135 Å². The van der Waals surface area contributed by atoms with E-state index in [4.69, 9.17) is 25.7 Å². The van der Waals surface area contributed by atoms with E-state index in [0.29, 0.717) is 16.8 Å². The fraction of sp³-hybridized carbons (Fsp3) is 0.298. The van der Waals surface area contributed by atoms with Gasteiger partial charge in [0, 0.05) is 63.0 Å². The summed E-state index contributed by atoms with van der Waals surface area (Å²) in [7, 11) is 0. The number of aromatic nitrogens is 5. The number of para-hydroxylation sites is 1. The molecule has 0 unspecified atom stereocenters. The molecule has 4 aromatic carbocycles. The molecule has 0 aliphatic heterocycles. The second-order valence-corrected chi connectivity index (χ2v) is 30.3. The first-order valence-corrected chi connectivity index (χ1v) is 29.8. The van der Waals surface area contributed by atoms with E-state index in [2.05, 4.69) is 89.8 Å². The summed E-state index contributed by atoms with van der Waals surface area (Å²) in [5.74, 6) is 7.81. The largest absolute Gasteiger partial charge is 0 e. The number of hydrogen-bond donors (Lipinski definition) is 0. The Hall–Kier alpha value is -5.41. The quantitative estimate of drug-likeness (QED) is 0.117. The van der Waals surface area contributed by atoms with Crippen LogP contribution in [0, 0.1) is 38.2 Å². The molecule has 0 saturated carbocycles. The van der Waals surface area contributed by atoms with Gasteiger partial charge in [0.25, 0.3) is 0 Å². The molecular formula is C57H59GeIrN5O2-2. The normalized spacial score (nSPS) is 13.8. The van der Waals surface area contributed by atoms with Gasteiger partial charge in [-0.3, -0.25) is 9.97 Å². The molecular weight excluding hydrogens is 1050 g/mol. The topological polar surface area (TPSA) is 82.8 Å². The van der Waals surface area contributed by atoms with Crippen LogP contribution < -0.4 is 4.40 Å². The van der Waals surface area contributed by atoms with Crippen LogP contribution in [0.4, 0.5) is 0 Å². The van der Waals surface area contributed by atoms with Gasteiger partial charge in [0.05, 0.1) is 28.1 Å².